The second-order valence-electron chi connectivity index (χ2n) is 5.29. The first-order valence-electron chi connectivity index (χ1n) is 7.37. The molecule has 0 bridgehead atoms. The first-order valence-corrected chi connectivity index (χ1v) is 7.37. The summed E-state index contributed by atoms with van der Waals surface area (Å²) in [5.41, 5.74) is 0.494. The number of aliphatic hydroxyl groups is 2. The highest BCUT2D eigenvalue weighted by molar-refractivity contribution is 5.67. The summed E-state index contributed by atoms with van der Waals surface area (Å²) in [5, 5.41) is 31.0. The maximum Gasteiger partial charge on any atom is 0.407 e. The van der Waals surface area contributed by atoms with Crippen LogP contribution in [0.1, 0.15) is 17.2 Å². The SMILES string of the molecule is O=C(NCC(O)C(O)c1cc(F)c(O)c(F)c1)OCc1ccccc1. The number of nitrogens with one attached hydrogen (secondary N) is 1. The quantitative estimate of drug-likeness (QED) is 0.637. The molecule has 0 fully saturated rings. The third kappa shape index (κ3) is 5.13. The van der Waals surface area contributed by atoms with Crippen LogP contribution in [0.4, 0.5) is 13.6 Å². The minimum Gasteiger partial charge on any atom is -0.503 e. The van der Waals surface area contributed by atoms with Crippen LogP contribution in [-0.4, -0.2) is 34.1 Å². The normalized spacial score (nSPS) is 13.1. The van der Waals surface area contributed by atoms with Crippen molar-refractivity contribution in [1.29, 1.82) is 0 Å². The van der Waals surface area contributed by atoms with Gasteiger partial charge in [0.25, 0.3) is 0 Å². The second-order valence-corrected chi connectivity index (χ2v) is 5.29. The smallest absolute Gasteiger partial charge is 0.407 e. The molecule has 0 aliphatic rings. The number of alkyl carbamates (subject to hydrolysis) is 1. The summed E-state index contributed by atoms with van der Waals surface area (Å²) in [4.78, 5) is 11.6. The number of carbonyl (C=O) groups excluding carboxylic acids is 1. The van der Waals surface area contributed by atoms with E-state index in [9.17, 15) is 23.8 Å². The number of amides is 1. The van der Waals surface area contributed by atoms with Crippen LogP contribution < -0.4 is 5.32 Å². The maximum atomic E-state index is 13.3. The molecule has 2 aromatic carbocycles. The predicted molar refractivity (Wildman–Crippen MR) is 83.6 cm³/mol. The van der Waals surface area contributed by atoms with Crippen LogP contribution in [0, 0.1) is 11.6 Å². The molecule has 0 aromatic heterocycles. The van der Waals surface area contributed by atoms with E-state index in [4.69, 9.17) is 9.84 Å². The molecule has 134 valence electrons. The number of phenols is 1. The van der Waals surface area contributed by atoms with E-state index in [1.807, 2.05) is 6.07 Å². The highest BCUT2D eigenvalue weighted by atomic mass is 19.1. The number of hydrogen-bond donors (Lipinski definition) is 4. The molecule has 1 amide bonds. The molecule has 0 aliphatic carbocycles. The fourth-order valence-corrected chi connectivity index (χ4v) is 2.05. The average molecular weight is 353 g/mol. The Morgan fingerprint density at radius 1 is 1.12 bits per heavy atom. The Bertz CT molecular complexity index is 703. The molecule has 2 aromatic rings. The van der Waals surface area contributed by atoms with E-state index in [1.54, 1.807) is 24.3 Å². The van der Waals surface area contributed by atoms with Crippen LogP contribution in [0.5, 0.6) is 5.75 Å². The fourth-order valence-electron chi connectivity index (χ4n) is 2.05. The van der Waals surface area contributed by atoms with E-state index >= 15 is 0 Å². The summed E-state index contributed by atoms with van der Waals surface area (Å²) in [6.07, 6.45) is -4.02. The van der Waals surface area contributed by atoms with Crippen molar-refractivity contribution in [3.63, 3.8) is 0 Å². The Morgan fingerprint density at radius 3 is 2.32 bits per heavy atom. The fraction of sp³-hybridized carbons (Fsp3) is 0.235. The highest BCUT2D eigenvalue weighted by Crippen LogP contribution is 2.26. The summed E-state index contributed by atoms with van der Waals surface area (Å²) >= 11 is 0. The van der Waals surface area contributed by atoms with Crippen LogP contribution in [0.15, 0.2) is 42.5 Å². The molecule has 0 heterocycles. The van der Waals surface area contributed by atoms with E-state index in [0.29, 0.717) is 12.1 Å². The van der Waals surface area contributed by atoms with Crippen LogP contribution in [-0.2, 0) is 11.3 Å². The molecule has 6 nitrogen and oxygen atoms in total. The number of halogens is 2. The van der Waals surface area contributed by atoms with Crippen molar-refractivity contribution in [2.45, 2.75) is 18.8 Å². The lowest BCUT2D eigenvalue weighted by Crippen LogP contribution is -2.35. The molecule has 2 rings (SSSR count). The topological polar surface area (TPSA) is 99.0 Å². The Morgan fingerprint density at radius 2 is 1.72 bits per heavy atom. The van der Waals surface area contributed by atoms with Crippen molar-refractivity contribution in [3.8, 4) is 5.75 Å². The van der Waals surface area contributed by atoms with E-state index < -0.39 is 42.2 Å². The van der Waals surface area contributed by atoms with E-state index in [0.717, 1.165) is 5.56 Å². The predicted octanol–water partition coefficient (Wildman–Crippen LogP) is 1.99. The van der Waals surface area contributed by atoms with E-state index in [-0.39, 0.29) is 12.2 Å². The third-order valence-corrected chi connectivity index (χ3v) is 3.41. The van der Waals surface area contributed by atoms with Gasteiger partial charge in [-0.15, -0.1) is 0 Å². The van der Waals surface area contributed by atoms with Crippen LogP contribution >= 0.6 is 0 Å². The van der Waals surface area contributed by atoms with Crippen molar-refractivity contribution >= 4 is 6.09 Å². The highest BCUT2D eigenvalue weighted by Gasteiger charge is 2.22. The lowest BCUT2D eigenvalue weighted by atomic mass is 10.0. The van der Waals surface area contributed by atoms with Crippen molar-refractivity contribution in [3.05, 3.63) is 65.2 Å². The van der Waals surface area contributed by atoms with Gasteiger partial charge >= 0.3 is 6.09 Å². The monoisotopic (exact) mass is 353 g/mol. The molecule has 0 radical (unpaired) electrons. The number of carbonyl (C=O) groups is 1. The van der Waals surface area contributed by atoms with Gasteiger partial charge in [-0.25, -0.2) is 13.6 Å². The molecule has 0 aliphatic heterocycles. The lowest BCUT2D eigenvalue weighted by Gasteiger charge is -2.19. The van der Waals surface area contributed by atoms with Gasteiger partial charge in [-0.3, -0.25) is 0 Å². The van der Waals surface area contributed by atoms with Crippen molar-refractivity contribution < 1.29 is 33.6 Å². The lowest BCUT2D eigenvalue weighted by molar-refractivity contribution is 0.0180. The molecule has 4 N–H and O–H groups in total. The summed E-state index contributed by atoms with van der Waals surface area (Å²) < 4.78 is 31.5. The first-order chi connectivity index (χ1) is 11.9. The van der Waals surface area contributed by atoms with Gasteiger partial charge in [-0.05, 0) is 23.3 Å². The number of aliphatic hydroxyl groups excluding tert-OH is 2. The third-order valence-electron chi connectivity index (χ3n) is 3.41. The largest absolute Gasteiger partial charge is 0.503 e. The summed E-state index contributed by atoms with van der Waals surface area (Å²) in [5.74, 6) is -3.71. The maximum absolute atomic E-state index is 13.3. The number of rotatable bonds is 6. The van der Waals surface area contributed by atoms with Crippen molar-refractivity contribution in [1.82, 2.24) is 5.32 Å². The van der Waals surface area contributed by atoms with E-state index in [2.05, 4.69) is 5.32 Å². The van der Waals surface area contributed by atoms with Gasteiger partial charge in [0.15, 0.2) is 17.4 Å². The van der Waals surface area contributed by atoms with Gasteiger partial charge in [-0.2, -0.15) is 0 Å². The van der Waals surface area contributed by atoms with Crippen LogP contribution in [0.3, 0.4) is 0 Å². The van der Waals surface area contributed by atoms with Gasteiger partial charge in [0.2, 0.25) is 0 Å². The molecule has 0 saturated heterocycles. The molecule has 0 spiro atoms. The molecule has 25 heavy (non-hydrogen) atoms. The number of ether oxygens (including phenoxy) is 1. The zero-order valence-corrected chi connectivity index (χ0v) is 13.0. The molecule has 8 heteroatoms. The Kier molecular flexibility index (Phi) is 6.26. The van der Waals surface area contributed by atoms with Crippen molar-refractivity contribution in [2.75, 3.05) is 6.54 Å². The van der Waals surface area contributed by atoms with Crippen LogP contribution in [0.25, 0.3) is 0 Å². The zero-order chi connectivity index (χ0) is 18.4. The van der Waals surface area contributed by atoms with Crippen LogP contribution in [0.2, 0.25) is 0 Å². The second kappa shape index (κ2) is 8.41. The molecule has 2 atom stereocenters. The standard InChI is InChI=1S/C17H17F2NO5/c18-12-6-11(7-13(19)16(12)23)15(22)14(21)8-20-17(24)25-9-10-4-2-1-3-5-10/h1-7,14-15,21-23H,8-9H2,(H,20,24). The molecular weight excluding hydrogens is 336 g/mol. The molecule has 0 saturated carbocycles. The number of benzene rings is 2. The Hall–Kier alpha value is -2.71. The van der Waals surface area contributed by atoms with E-state index in [1.165, 1.54) is 0 Å². The summed E-state index contributed by atoms with van der Waals surface area (Å²) in [6, 6.07) is 10.3. The zero-order valence-electron chi connectivity index (χ0n) is 13.0. The number of phenolic OH excluding ortho intramolecular Hbond substituents is 1. The van der Waals surface area contributed by atoms with Gasteiger partial charge in [0.1, 0.15) is 18.8 Å². The van der Waals surface area contributed by atoms with Gasteiger partial charge in [-0.1, -0.05) is 30.3 Å². The molecule has 2 unspecified atom stereocenters. The summed E-state index contributed by atoms with van der Waals surface area (Å²) in [7, 11) is 0. The number of aromatic hydroxyl groups is 1. The Labute approximate surface area is 142 Å². The van der Waals surface area contributed by atoms with Gasteiger partial charge in [0.05, 0.1) is 0 Å². The first kappa shape index (κ1) is 18.6. The Balaban J connectivity index is 1.84. The minimum atomic E-state index is -1.67. The van der Waals surface area contributed by atoms with Gasteiger partial charge in [0, 0.05) is 6.54 Å². The molecular formula is C17H17F2NO5. The summed E-state index contributed by atoms with van der Waals surface area (Å²) in [6.45, 7) is -0.376. The van der Waals surface area contributed by atoms with Gasteiger partial charge < -0.3 is 25.4 Å². The van der Waals surface area contributed by atoms with Crippen molar-refractivity contribution in [2.24, 2.45) is 0 Å². The average Bonchev–Trinajstić information content (AvgIpc) is 2.62. The number of hydrogen-bond acceptors (Lipinski definition) is 5. The minimum absolute atomic E-state index is 0.0275.